The zero-order valence-corrected chi connectivity index (χ0v) is 9.37. The van der Waals surface area contributed by atoms with Gasteiger partial charge in [0.15, 0.2) is 5.79 Å². The van der Waals surface area contributed by atoms with E-state index >= 15 is 0 Å². The minimum absolute atomic E-state index is 0.0245. The third-order valence-corrected chi connectivity index (χ3v) is 4.69. The van der Waals surface area contributed by atoms with Crippen LogP contribution in [0.2, 0.25) is 0 Å². The third-order valence-electron chi connectivity index (χ3n) is 4.69. The van der Waals surface area contributed by atoms with Crippen LogP contribution in [0.1, 0.15) is 44.9 Å². The van der Waals surface area contributed by atoms with Crippen molar-refractivity contribution in [1.29, 1.82) is 0 Å². The second-order valence-corrected chi connectivity index (χ2v) is 5.30. The standard InChI is InChI=1S/C12H20O3/c1-14-12-8-4-5-9(12)11(13)7-3-2-6-10(11)15-12/h9-10,13H,2-8H2,1H3. The van der Waals surface area contributed by atoms with Crippen LogP contribution in [0.4, 0.5) is 0 Å². The first-order valence-electron chi connectivity index (χ1n) is 6.17. The highest BCUT2D eigenvalue weighted by Crippen LogP contribution is 2.57. The van der Waals surface area contributed by atoms with Gasteiger partial charge in [-0.3, -0.25) is 0 Å². The van der Waals surface area contributed by atoms with Gasteiger partial charge in [-0.25, -0.2) is 0 Å². The maximum absolute atomic E-state index is 10.8. The lowest BCUT2D eigenvalue weighted by molar-refractivity contribution is -0.222. The summed E-state index contributed by atoms with van der Waals surface area (Å²) in [5.74, 6) is -0.246. The Hall–Kier alpha value is -0.120. The molecule has 86 valence electrons. The first-order chi connectivity index (χ1) is 7.21. The zero-order valence-electron chi connectivity index (χ0n) is 9.37. The normalized spacial score (nSPS) is 54.0. The lowest BCUT2D eigenvalue weighted by atomic mass is 9.74. The minimum atomic E-state index is -0.592. The Kier molecular flexibility index (Phi) is 2.14. The summed E-state index contributed by atoms with van der Waals surface area (Å²) in [6, 6.07) is 0. The highest BCUT2D eigenvalue weighted by atomic mass is 16.7. The molecule has 1 aliphatic heterocycles. The Bertz CT molecular complexity index is 268. The van der Waals surface area contributed by atoms with Gasteiger partial charge in [-0.15, -0.1) is 0 Å². The zero-order chi connectivity index (χ0) is 10.5. The fraction of sp³-hybridized carbons (Fsp3) is 1.00. The fourth-order valence-electron chi connectivity index (χ4n) is 3.96. The molecule has 3 rings (SSSR count). The molecule has 0 aromatic heterocycles. The van der Waals surface area contributed by atoms with Crippen molar-refractivity contribution in [2.24, 2.45) is 5.92 Å². The molecule has 3 aliphatic rings. The van der Waals surface area contributed by atoms with Gasteiger partial charge in [0.25, 0.3) is 0 Å². The molecular weight excluding hydrogens is 192 g/mol. The SMILES string of the molecule is COC12CCCC1C1(O)CCCCC1O2. The van der Waals surface area contributed by atoms with Crippen molar-refractivity contribution >= 4 is 0 Å². The molecule has 15 heavy (non-hydrogen) atoms. The molecule has 0 aromatic rings. The van der Waals surface area contributed by atoms with Crippen molar-refractivity contribution in [1.82, 2.24) is 0 Å². The van der Waals surface area contributed by atoms with E-state index in [0.717, 1.165) is 38.5 Å². The summed E-state index contributed by atoms with van der Waals surface area (Å²) < 4.78 is 11.7. The smallest absolute Gasteiger partial charge is 0.174 e. The van der Waals surface area contributed by atoms with Crippen LogP contribution in [0.5, 0.6) is 0 Å². The molecule has 3 heteroatoms. The van der Waals surface area contributed by atoms with Crippen molar-refractivity contribution < 1.29 is 14.6 Å². The average Bonchev–Trinajstić information content (AvgIpc) is 2.74. The second kappa shape index (κ2) is 3.19. The van der Waals surface area contributed by atoms with Gasteiger partial charge in [0.1, 0.15) is 0 Å². The van der Waals surface area contributed by atoms with Gasteiger partial charge in [0, 0.05) is 19.4 Å². The summed E-state index contributed by atoms with van der Waals surface area (Å²) in [7, 11) is 1.72. The summed E-state index contributed by atoms with van der Waals surface area (Å²) in [4.78, 5) is 0. The molecule has 0 aromatic carbocycles. The number of hydrogen-bond acceptors (Lipinski definition) is 3. The minimum Gasteiger partial charge on any atom is -0.387 e. The number of methoxy groups -OCH3 is 1. The summed E-state index contributed by atoms with van der Waals surface area (Å²) in [6.07, 6.45) is 7.36. The largest absolute Gasteiger partial charge is 0.387 e. The van der Waals surface area contributed by atoms with Crippen LogP contribution in [-0.4, -0.2) is 29.7 Å². The number of ether oxygens (including phenoxy) is 2. The second-order valence-electron chi connectivity index (χ2n) is 5.30. The lowest BCUT2D eigenvalue weighted by Crippen LogP contribution is -2.47. The van der Waals surface area contributed by atoms with Crippen molar-refractivity contribution in [3.63, 3.8) is 0 Å². The summed E-state index contributed by atoms with van der Waals surface area (Å²) in [5, 5.41) is 10.8. The van der Waals surface area contributed by atoms with Gasteiger partial charge in [-0.2, -0.15) is 0 Å². The molecule has 4 unspecified atom stereocenters. The Morgan fingerprint density at radius 1 is 1.20 bits per heavy atom. The molecule has 0 spiro atoms. The van der Waals surface area contributed by atoms with E-state index in [-0.39, 0.29) is 12.0 Å². The number of hydrogen-bond donors (Lipinski definition) is 1. The summed E-state index contributed by atoms with van der Waals surface area (Å²) in [5.41, 5.74) is -0.592. The van der Waals surface area contributed by atoms with Crippen molar-refractivity contribution in [2.45, 2.75) is 62.4 Å². The molecule has 4 atom stereocenters. The molecule has 0 radical (unpaired) electrons. The van der Waals surface area contributed by atoms with Gasteiger partial charge >= 0.3 is 0 Å². The van der Waals surface area contributed by atoms with Gasteiger partial charge in [-0.05, 0) is 25.7 Å². The number of rotatable bonds is 1. The van der Waals surface area contributed by atoms with E-state index in [1.807, 2.05) is 0 Å². The lowest BCUT2D eigenvalue weighted by Gasteiger charge is -2.36. The first kappa shape index (κ1) is 10.1. The maximum Gasteiger partial charge on any atom is 0.174 e. The molecule has 1 saturated heterocycles. The van der Waals surface area contributed by atoms with Gasteiger partial charge in [0.2, 0.25) is 0 Å². The average molecular weight is 212 g/mol. The third kappa shape index (κ3) is 1.17. The van der Waals surface area contributed by atoms with Crippen molar-refractivity contribution in [3.05, 3.63) is 0 Å². The van der Waals surface area contributed by atoms with Gasteiger partial charge in [0.05, 0.1) is 11.7 Å². The molecule has 0 amide bonds. The van der Waals surface area contributed by atoms with E-state index in [1.54, 1.807) is 7.11 Å². The Labute approximate surface area is 90.8 Å². The molecule has 0 bridgehead atoms. The molecule has 1 N–H and O–H groups in total. The maximum atomic E-state index is 10.8. The van der Waals surface area contributed by atoms with Crippen LogP contribution < -0.4 is 0 Å². The van der Waals surface area contributed by atoms with E-state index < -0.39 is 11.4 Å². The van der Waals surface area contributed by atoms with Gasteiger partial charge < -0.3 is 14.6 Å². The fourth-order valence-corrected chi connectivity index (χ4v) is 3.96. The van der Waals surface area contributed by atoms with Crippen molar-refractivity contribution in [3.8, 4) is 0 Å². The highest BCUT2D eigenvalue weighted by Gasteiger charge is 2.65. The number of aliphatic hydroxyl groups is 1. The monoisotopic (exact) mass is 212 g/mol. The molecule has 3 nitrogen and oxygen atoms in total. The number of fused-ring (bicyclic) bond motifs is 3. The van der Waals surface area contributed by atoms with Crippen LogP contribution in [0.25, 0.3) is 0 Å². The molecule has 2 saturated carbocycles. The quantitative estimate of drug-likeness (QED) is 0.720. The summed E-state index contributed by atoms with van der Waals surface area (Å²) in [6.45, 7) is 0. The molecular formula is C12H20O3. The van der Waals surface area contributed by atoms with E-state index in [2.05, 4.69) is 0 Å². The van der Waals surface area contributed by atoms with E-state index in [0.29, 0.717) is 0 Å². The van der Waals surface area contributed by atoms with Crippen molar-refractivity contribution in [2.75, 3.05) is 7.11 Å². The van der Waals surface area contributed by atoms with E-state index in [1.165, 1.54) is 6.42 Å². The van der Waals surface area contributed by atoms with Crippen LogP contribution >= 0.6 is 0 Å². The topological polar surface area (TPSA) is 38.7 Å². The van der Waals surface area contributed by atoms with Crippen LogP contribution in [0.15, 0.2) is 0 Å². The predicted molar refractivity (Wildman–Crippen MR) is 55.4 cm³/mol. The highest BCUT2D eigenvalue weighted by molar-refractivity contribution is 5.10. The predicted octanol–water partition coefficient (Wildman–Crippen LogP) is 1.83. The van der Waals surface area contributed by atoms with Gasteiger partial charge in [-0.1, -0.05) is 12.8 Å². The summed E-state index contributed by atoms with van der Waals surface area (Å²) >= 11 is 0. The Balaban J connectivity index is 1.95. The van der Waals surface area contributed by atoms with Crippen LogP contribution in [0.3, 0.4) is 0 Å². The Morgan fingerprint density at radius 2 is 2.07 bits per heavy atom. The van der Waals surface area contributed by atoms with E-state index in [9.17, 15) is 5.11 Å². The molecule has 2 aliphatic carbocycles. The van der Waals surface area contributed by atoms with Crippen LogP contribution in [0, 0.1) is 5.92 Å². The molecule has 1 heterocycles. The molecule has 3 fully saturated rings. The van der Waals surface area contributed by atoms with Crippen LogP contribution in [-0.2, 0) is 9.47 Å². The first-order valence-corrected chi connectivity index (χ1v) is 6.17. The Morgan fingerprint density at radius 3 is 2.87 bits per heavy atom. The van der Waals surface area contributed by atoms with E-state index in [4.69, 9.17) is 9.47 Å².